The van der Waals surface area contributed by atoms with Crippen molar-refractivity contribution >= 4 is 0 Å². The second kappa shape index (κ2) is 18.3. The molecule has 0 saturated carbocycles. The summed E-state index contributed by atoms with van der Waals surface area (Å²) in [5.41, 5.74) is 0.225. The lowest BCUT2D eigenvalue weighted by Gasteiger charge is -2.51. The van der Waals surface area contributed by atoms with Crippen LogP contribution in [0.3, 0.4) is 0 Å². The number of unbranched alkanes of at least 4 members (excludes halogenated alkanes) is 14. The van der Waals surface area contributed by atoms with Gasteiger partial charge in [0.05, 0.1) is 11.2 Å². The molecule has 1 nitrogen and oxygen atoms in total. The summed E-state index contributed by atoms with van der Waals surface area (Å²) in [5, 5.41) is 0. The van der Waals surface area contributed by atoms with Crippen LogP contribution in [0.5, 0.6) is 0 Å². The lowest BCUT2D eigenvalue weighted by molar-refractivity contribution is -0.203. The Kier molecular flexibility index (Phi) is 18.3. The minimum absolute atomic E-state index is 0.133. The van der Waals surface area contributed by atoms with Gasteiger partial charge in [0.15, 0.2) is 0 Å². The fraction of sp³-hybridized carbons (Fsp3) is 1.00. The summed E-state index contributed by atoms with van der Waals surface area (Å²) in [6, 6.07) is 0. The van der Waals surface area contributed by atoms with Gasteiger partial charge in [-0.3, -0.25) is 0 Å². The van der Waals surface area contributed by atoms with Gasteiger partial charge in [0.2, 0.25) is 0 Å². The Bertz CT molecular complexity index is 482. The Labute approximate surface area is 237 Å². The SMILES string of the molecule is CCCCCCCCCCC(C(C)(C)C)C(C)(C)OC(C)(C)C(CCCCCCCCCC)C(C)(C)C. The fourth-order valence-electron chi connectivity index (χ4n) is 7.43. The molecule has 0 bridgehead atoms. The van der Waals surface area contributed by atoms with E-state index < -0.39 is 0 Å². The van der Waals surface area contributed by atoms with Crippen LogP contribution in [0, 0.1) is 22.7 Å². The first-order valence-corrected chi connectivity index (χ1v) is 16.8. The highest BCUT2D eigenvalue weighted by Gasteiger charge is 2.46. The van der Waals surface area contributed by atoms with Crippen molar-refractivity contribution in [2.75, 3.05) is 0 Å². The van der Waals surface area contributed by atoms with E-state index in [0.29, 0.717) is 11.8 Å². The van der Waals surface area contributed by atoms with Crippen molar-refractivity contribution in [2.24, 2.45) is 22.7 Å². The number of ether oxygens (including phenoxy) is 1. The molecule has 0 heterocycles. The van der Waals surface area contributed by atoms with E-state index in [1.54, 1.807) is 0 Å². The van der Waals surface area contributed by atoms with Crippen LogP contribution in [0.15, 0.2) is 0 Å². The highest BCUT2D eigenvalue weighted by atomic mass is 16.5. The number of hydrogen-bond acceptors (Lipinski definition) is 1. The molecule has 0 aliphatic carbocycles. The second-order valence-corrected chi connectivity index (χ2v) is 15.7. The topological polar surface area (TPSA) is 9.23 Å². The standard InChI is InChI=1S/C36H74O/c1-13-15-17-19-21-23-25-27-29-31(33(3,4)5)35(9,10)37-36(11,12)32(34(6,7)8)30-28-26-24-22-20-18-16-14-2/h31-32H,13-30H2,1-12H3. The zero-order chi connectivity index (χ0) is 28.6. The average Bonchev–Trinajstić information content (AvgIpc) is 2.74. The smallest absolute Gasteiger partial charge is 0.0666 e. The highest BCUT2D eigenvalue weighted by molar-refractivity contribution is 4.94. The van der Waals surface area contributed by atoms with E-state index in [0.717, 1.165) is 0 Å². The van der Waals surface area contributed by atoms with Crippen molar-refractivity contribution in [3.8, 4) is 0 Å². The van der Waals surface area contributed by atoms with Gasteiger partial charge in [-0.1, -0.05) is 158 Å². The zero-order valence-electron chi connectivity index (χ0n) is 28.3. The first kappa shape index (κ1) is 37.0. The van der Waals surface area contributed by atoms with Gasteiger partial charge in [0.25, 0.3) is 0 Å². The monoisotopic (exact) mass is 523 g/mol. The van der Waals surface area contributed by atoms with E-state index in [9.17, 15) is 0 Å². The van der Waals surface area contributed by atoms with Crippen molar-refractivity contribution in [3.05, 3.63) is 0 Å². The minimum atomic E-state index is -0.133. The van der Waals surface area contributed by atoms with Crippen LogP contribution < -0.4 is 0 Å². The predicted octanol–water partition coefficient (Wildman–Crippen LogP) is 12.9. The molecule has 0 aromatic carbocycles. The molecule has 0 aliphatic rings. The maximum atomic E-state index is 7.25. The Morgan fingerprint density at radius 1 is 0.378 bits per heavy atom. The summed E-state index contributed by atoms with van der Waals surface area (Å²) in [5.74, 6) is 1.12. The molecule has 0 radical (unpaired) electrons. The molecule has 0 amide bonds. The second-order valence-electron chi connectivity index (χ2n) is 15.7. The van der Waals surface area contributed by atoms with E-state index in [4.69, 9.17) is 4.74 Å². The zero-order valence-corrected chi connectivity index (χ0v) is 28.3. The Morgan fingerprint density at radius 3 is 0.865 bits per heavy atom. The maximum Gasteiger partial charge on any atom is 0.0666 e. The highest BCUT2D eigenvalue weighted by Crippen LogP contribution is 2.47. The lowest BCUT2D eigenvalue weighted by Crippen LogP contribution is -2.52. The van der Waals surface area contributed by atoms with Gasteiger partial charge in [-0.25, -0.2) is 0 Å². The average molecular weight is 523 g/mol. The Balaban J connectivity index is 5.04. The first-order chi connectivity index (χ1) is 17.1. The molecule has 0 saturated heterocycles. The van der Waals surface area contributed by atoms with E-state index in [1.807, 2.05) is 0 Å². The van der Waals surface area contributed by atoms with Gasteiger partial charge in [-0.15, -0.1) is 0 Å². The van der Waals surface area contributed by atoms with Crippen LogP contribution in [0.1, 0.15) is 199 Å². The van der Waals surface area contributed by atoms with Crippen LogP contribution >= 0.6 is 0 Å². The molecule has 2 atom stereocenters. The molecule has 0 aromatic rings. The van der Waals surface area contributed by atoms with Crippen molar-refractivity contribution < 1.29 is 4.74 Å². The van der Waals surface area contributed by atoms with Gasteiger partial charge < -0.3 is 4.74 Å². The molecule has 0 aliphatic heterocycles. The quantitative estimate of drug-likeness (QED) is 0.128. The van der Waals surface area contributed by atoms with Gasteiger partial charge >= 0.3 is 0 Å². The van der Waals surface area contributed by atoms with E-state index >= 15 is 0 Å². The van der Waals surface area contributed by atoms with Gasteiger partial charge in [0.1, 0.15) is 0 Å². The molecular weight excluding hydrogens is 448 g/mol. The van der Waals surface area contributed by atoms with Crippen molar-refractivity contribution in [3.63, 3.8) is 0 Å². The molecule has 0 N–H and O–H groups in total. The van der Waals surface area contributed by atoms with Gasteiger partial charge in [-0.2, -0.15) is 0 Å². The Morgan fingerprint density at radius 2 is 0.622 bits per heavy atom. The lowest BCUT2D eigenvalue weighted by atomic mass is 9.67. The molecule has 0 aromatic heterocycles. The van der Waals surface area contributed by atoms with E-state index in [1.165, 1.54) is 116 Å². The summed E-state index contributed by atoms with van der Waals surface area (Å²) < 4.78 is 7.25. The van der Waals surface area contributed by atoms with E-state index in [-0.39, 0.29) is 22.0 Å². The molecule has 0 fully saturated rings. The molecular formula is C36H74O. The largest absolute Gasteiger partial charge is 0.369 e. The Hall–Kier alpha value is -0.0400. The van der Waals surface area contributed by atoms with Gasteiger partial charge in [0, 0.05) is 0 Å². The molecule has 37 heavy (non-hydrogen) atoms. The van der Waals surface area contributed by atoms with Crippen LogP contribution in [0.2, 0.25) is 0 Å². The van der Waals surface area contributed by atoms with Crippen LogP contribution in [0.4, 0.5) is 0 Å². The molecule has 1 heteroatoms. The number of rotatable bonds is 22. The summed E-state index contributed by atoms with van der Waals surface area (Å²) in [7, 11) is 0. The van der Waals surface area contributed by atoms with E-state index in [2.05, 4.69) is 83.1 Å². The summed E-state index contributed by atoms with van der Waals surface area (Å²) in [6.45, 7) is 28.8. The van der Waals surface area contributed by atoms with Crippen LogP contribution in [-0.4, -0.2) is 11.2 Å². The number of hydrogen-bond donors (Lipinski definition) is 0. The fourth-order valence-corrected chi connectivity index (χ4v) is 7.43. The summed E-state index contributed by atoms with van der Waals surface area (Å²) >= 11 is 0. The van der Waals surface area contributed by atoms with Crippen LogP contribution in [-0.2, 0) is 4.74 Å². The van der Waals surface area contributed by atoms with Gasteiger partial charge in [-0.05, 0) is 63.2 Å². The van der Waals surface area contributed by atoms with Crippen molar-refractivity contribution in [2.45, 2.75) is 210 Å². The first-order valence-electron chi connectivity index (χ1n) is 16.8. The molecule has 224 valence electrons. The minimum Gasteiger partial charge on any atom is -0.369 e. The van der Waals surface area contributed by atoms with Crippen molar-refractivity contribution in [1.82, 2.24) is 0 Å². The third-order valence-electron chi connectivity index (χ3n) is 8.99. The summed E-state index contributed by atoms with van der Waals surface area (Å²) in [6.07, 6.45) is 24.8. The normalized spacial score (nSPS) is 15.2. The molecule has 0 spiro atoms. The third kappa shape index (κ3) is 16.6. The van der Waals surface area contributed by atoms with Crippen LogP contribution in [0.25, 0.3) is 0 Å². The third-order valence-corrected chi connectivity index (χ3v) is 8.99. The predicted molar refractivity (Wildman–Crippen MR) is 170 cm³/mol. The van der Waals surface area contributed by atoms with Crippen molar-refractivity contribution in [1.29, 1.82) is 0 Å². The molecule has 0 rings (SSSR count). The summed E-state index contributed by atoms with van der Waals surface area (Å²) in [4.78, 5) is 0. The maximum absolute atomic E-state index is 7.25. The molecule has 2 unspecified atom stereocenters.